The van der Waals surface area contributed by atoms with Gasteiger partial charge in [-0.25, -0.2) is 9.97 Å². The van der Waals surface area contributed by atoms with Gasteiger partial charge in [-0.15, -0.1) is 0 Å². The minimum absolute atomic E-state index is 0.357. The molecule has 1 saturated heterocycles. The molecule has 0 saturated carbocycles. The molecule has 2 N–H and O–H groups in total. The van der Waals surface area contributed by atoms with Gasteiger partial charge in [0.2, 0.25) is 0 Å². The molecule has 2 aliphatic rings. The molecule has 1 aliphatic carbocycles. The summed E-state index contributed by atoms with van der Waals surface area (Å²) >= 11 is 0. The number of fused-ring (bicyclic) bond motifs is 2. The molecule has 34 heavy (non-hydrogen) atoms. The maximum absolute atomic E-state index is 10.0. The van der Waals surface area contributed by atoms with Crippen LogP contribution in [0, 0.1) is 22.7 Å². The molecule has 0 amide bonds. The SMILES string of the molecule is CCc1nc2c(c(N3CC(C)(CC(C)C)C3)n1)CCCCCC(C)c1ccc(N)c(C#N)c1C2. The summed E-state index contributed by atoms with van der Waals surface area (Å²) in [7, 11) is 0. The molecule has 1 atom stereocenters. The van der Waals surface area contributed by atoms with Crippen molar-refractivity contribution < 1.29 is 0 Å². The number of rotatable bonds is 4. The molecule has 1 aromatic heterocycles. The first kappa shape index (κ1) is 24.5. The highest BCUT2D eigenvalue weighted by Gasteiger charge is 2.41. The molecule has 1 aromatic carbocycles. The van der Waals surface area contributed by atoms with Crippen molar-refractivity contribution in [2.45, 2.75) is 91.9 Å². The Morgan fingerprint density at radius 1 is 1.18 bits per heavy atom. The molecule has 2 heterocycles. The van der Waals surface area contributed by atoms with E-state index in [0.717, 1.165) is 61.7 Å². The van der Waals surface area contributed by atoms with Gasteiger partial charge in [0.05, 0.1) is 11.3 Å². The highest BCUT2D eigenvalue weighted by molar-refractivity contribution is 5.62. The molecule has 1 fully saturated rings. The van der Waals surface area contributed by atoms with Crippen LogP contribution in [-0.2, 0) is 19.3 Å². The Balaban J connectivity index is 1.80. The molecule has 5 nitrogen and oxygen atoms in total. The molecule has 1 aliphatic heterocycles. The maximum Gasteiger partial charge on any atom is 0.135 e. The van der Waals surface area contributed by atoms with Gasteiger partial charge < -0.3 is 10.6 Å². The molecule has 182 valence electrons. The average molecular weight is 460 g/mol. The van der Waals surface area contributed by atoms with Gasteiger partial charge in [0.25, 0.3) is 0 Å². The summed E-state index contributed by atoms with van der Waals surface area (Å²) in [5.41, 5.74) is 12.5. The maximum atomic E-state index is 10.0. The van der Waals surface area contributed by atoms with Gasteiger partial charge in [-0.2, -0.15) is 5.26 Å². The molecular formula is C29H41N5. The monoisotopic (exact) mass is 459 g/mol. The predicted molar refractivity (Wildman–Crippen MR) is 140 cm³/mol. The lowest BCUT2D eigenvalue weighted by Crippen LogP contribution is -2.56. The number of hydrogen-bond acceptors (Lipinski definition) is 5. The van der Waals surface area contributed by atoms with Crippen molar-refractivity contribution >= 4 is 11.5 Å². The van der Waals surface area contributed by atoms with Gasteiger partial charge in [0.15, 0.2) is 0 Å². The van der Waals surface area contributed by atoms with E-state index in [-0.39, 0.29) is 0 Å². The Hall–Kier alpha value is -2.61. The van der Waals surface area contributed by atoms with Gasteiger partial charge in [0, 0.05) is 42.6 Å². The zero-order chi connectivity index (χ0) is 24.5. The first-order chi connectivity index (χ1) is 16.2. The van der Waals surface area contributed by atoms with Crippen LogP contribution in [0.4, 0.5) is 11.5 Å². The van der Waals surface area contributed by atoms with E-state index in [9.17, 15) is 5.26 Å². The number of nitrogens with two attached hydrogens (primary N) is 1. The van der Waals surface area contributed by atoms with E-state index in [4.69, 9.17) is 15.7 Å². The lowest BCUT2D eigenvalue weighted by molar-refractivity contribution is 0.193. The summed E-state index contributed by atoms with van der Waals surface area (Å²) in [6, 6.07) is 6.46. The number of hydrogen-bond donors (Lipinski definition) is 1. The number of nitrogens with zero attached hydrogens (tertiary/aromatic N) is 4. The molecule has 5 heteroatoms. The van der Waals surface area contributed by atoms with Crippen LogP contribution in [-0.4, -0.2) is 23.1 Å². The second kappa shape index (κ2) is 9.94. The zero-order valence-corrected chi connectivity index (χ0v) is 21.7. The summed E-state index contributed by atoms with van der Waals surface area (Å²) in [4.78, 5) is 12.6. The van der Waals surface area contributed by atoms with Crippen molar-refractivity contribution in [3.63, 3.8) is 0 Å². The Labute approximate surface area is 205 Å². The molecule has 4 rings (SSSR count). The Kier molecular flexibility index (Phi) is 7.17. The second-order valence-corrected chi connectivity index (χ2v) is 11.4. The smallest absolute Gasteiger partial charge is 0.135 e. The lowest BCUT2D eigenvalue weighted by Gasteiger charge is -2.50. The lowest BCUT2D eigenvalue weighted by atomic mass is 9.75. The number of aromatic nitrogens is 2. The summed E-state index contributed by atoms with van der Waals surface area (Å²) in [6.07, 6.45) is 8.40. The van der Waals surface area contributed by atoms with Crippen molar-refractivity contribution in [1.29, 1.82) is 5.26 Å². The Morgan fingerprint density at radius 3 is 2.62 bits per heavy atom. The van der Waals surface area contributed by atoms with E-state index < -0.39 is 0 Å². The molecule has 0 radical (unpaired) electrons. The third-order valence-corrected chi connectivity index (χ3v) is 7.71. The van der Waals surface area contributed by atoms with E-state index in [2.05, 4.69) is 51.7 Å². The number of benzene rings is 1. The number of aryl methyl sites for hydroxylation is 1. The van der Waals surface area contributed by atoms with Crippen molar-refractivity contribution in [2.75, 3.05) is 23.7 Å². The van der Waals surface area contributed by atoms with Gasteiger partial charge >= 0.3 is 0 Å². The minimum atomic E-state index is 0.357. The number of nitriles is 1. The summed E-state index contributed by atoms with van der Waals surface area (Å²) < 4.78 is 0. The van der Waals surface area contributed by atoms with E-state index >= 15 is 0 Å². The van der Waals surface area contributed by atoms with Crippen molar-refractivity contribution in [3.05, 3.63) is 45.9 Å². The fourth-order valence-corrected chi connectivity index (χ4v) is 6.25. The minimum Gasteiger partial charge on any atom is -0.398 e. The fourth-order valence-electron chi connectivity index (χ4n) is 6.25. The van der Waals surface area contributed by atoms with Gasteiger partial charge in [0.1, 0.15) is 17.7 Å². The van der Waals surface area contributed by atoms with E-state index in [1.807, 2.05) is 6.07 Å². The summed E-state index contributed by atoms with van der Waals surface area (Å²) in [5, 5.41) is 10.0. The third-order valence-electron chi connectivity index (χ3n) is 7.71. The van der Waals surface area contributed by atoms with Crippen LogP contribution < -0.4 is 10.6 Å². The van der Waals surface area contributed by atoms with Crippen LogP contribution in [0.15, 0.2) is 12.1 Å². The number of anilines is 2. The molecule has 1 unspecified atom stereocenters. The average Bonchev–Trinajstić information content (AvgIpc) is 2.79. The van der Waals surface area contributed by atoms with Gasteiger partial charge in [-0.05, 0) is 54.7 Å². The highest BCUT2D eigenvalue weighted by Crippen LogP contribution is 2.41. The second-order valence-electron chi connectivity index (χ2n) is 11.4. The molecule has 0 bridgehead atoms. The quantitative estimate of drug-likeness (QED) is 0.553. The normalized spacial score (nSPS) is 20.0. The van der Waals surface area contributed by atoms with Crippen molar-refractivity contribution in [1.82, 2.24) is 9.97 Å². The third kappa shape index (κ3) is 4.92. The number of nitrogen functional groups attached to an aromatic ring is 1. The predicted octanol–water partition coefficient (Wildman–Crippen LogP) is 6.18. The fraction of sp³-hybridized carbons (Fsp3) is 0.621. The standard InChI is InChI=1S/C29H41N5/c1-6-27-32-26-14-23-21(12-13-25(31)24(23)16-30)20(4)10-8-7-9-11-22(26)28(33-27)34-17-29(5,18-34)15-19(2)3/h12-13,19-20H,6-11,14-15,17-18,31H2,1-5H3. The molecular weight excluding hydrogens is 418 g/mol. The molecule has 0 spiro atoms. The van der Waals surface area contributed by atoms with E-state index in [1.165, 1.54) is 30.4 Å². The van der Waals surface area contributed by atoms with Crippen molar-refractivity contribution in [2.24, 2.45) is 11.3 Å². The first-order valence-corrected chi connectivity index (χ1v) is 13.2. The van der Waals surface area contributed by atoms with E-state index in [0.29, 0.717) is 34.9 Å². The van der Waals surface area contributed by atoms with Crippen LogP contribution in [0.3, 0.4) is 0 Å². The largest absolute Gasteiger partial charge is 0.398 e. The van der Waals surface area contributed by atoms with Crippen LogP contribution in [0.25, 0.3) is 0 Å². The van der Waals surface area contributed by atoms with Crippen molar-refractivity contribution in [3.8, 4) is 6.07 Å². The van der Waals surface area contributed by atoms with Gasteiger partial charge in [-0.1, -0.05) is 53.5 Å². The highest BCUT2D eigenvalue weighted by atomic mass is 15.3. The van der Waals surface area contributed by atoms with Crippen LogP contribution in [0.2, 0.25) is 0 Å². The van der Waals surface area contributed by atoms with Crippen LogP contribution >= 0.6 is 0 Å². The zero-order valence-electron chi connectivity index (χ0n) is 21.7. The topological polar surface area (TPSA) is 78.8 Å². The summed E-state index contributed by atoms with van der Waals surface area (Å²) in [5.74, 6) is 3.15. The van der Waals surface area contributed by atoms with Crippen LogP contribution in [0.5, 0.6) is 0 Å². The van der Waals surface area contributed by atoms with Gasteiger partial charge in [-0.3, -0.25) is 0 Å². The summed E-state index contributed by atoms with van der Waals surface area (Å²) in [6.45, 7) is 13.6. The van der Waals surface area contributed by atoms with Crippen LogP contribution in [0.1, 0.15) is 106 Å². The Bertz CT molecular complexity index is 1070. The van der Waals surface area contributed by atoms with E-state index in [1.54, 1.807) is 0 Å². The molecule has 2 aromatic rings. The first-order valence-electron chi connectivity index (χ1n) is 13.2. The Morgan fingerprint density at radius 2 is 1.94 bits per heavy atom.